The second kappa shape index (κ2) is 6.16. The van der Waals surface area contributed by atoms with Crippen LogP contribution in [0.5, 0.6) is 5.75 Å². The summed E-state index contributed by atoms with van der Waals surface area (Å²) >= 11 is 1.24. The van der Waals surface area contributed by atoms with E-state index in [1.54, 1.807) is 12.1 Å². The highest BCUT2D eigenvalue weighted by Crippen LogP contribution is 2.11. The Labute approximate surface area is 118 Å². The summed E-state index contributed by atoms with van der Waals surface area (Å²) < 4.78 is 0. The Balaban J connectivity index is 1.86. The molecule has 6 nitrogen and oxygen atoms in total. The van der Waals surface area contributed by atoms with E-state index < -0.39 is 5.97 Å². The lowest BCUT2D eigenvalue weighted by Crippen LogP contribution is -2.25. The molecular formula is C13H12N2O4S. The van der Waals surface area contributed by atoms with E-state index >= 15 is 0 Å². The van der Waals surface area contributed by atoms with Gasteiger partial charge in [-0.2, -0.15) is 0 Å². The summed E-state index contributed by atoms with van der Waals surface area (Å²) in [7, 11) is 0. The molecule has 2 aromatic rings. The molecule has 1 aromatic carbocycles. The molecule has 2 rings (SSSR count). The fourth-order valence-electron chi connectivity index (χ4n) is 1.56. The van der Waals surface area contributed by atoms with Crippen LogP contribution in [0.3, 0.4) is 0 Å². The molecule has 0 bridgehead atoms. The molecule has 3 N–H and O–H groups in total. The van der Waals surface area contributed by atoms with Crippen LogP contribution >= 0.6 is 11.3 Å². The highest BCUT2D eigenvalue weighted by Gasteiger charge is 2.09. The van der Waals surface area contributed by atoms with Crippen molar-refractivity contribution in [3.63, 3.8) is 0 Å². The van der Waals surface area contributed by atoms with E-state index in [-0.39, 0.29) is 17.4 Å². The molecule has 1 aromatic heterocycles. The first-order valence-corrected chi connectivity index (χ1v) is 6.69. The summed E-state index contributed by atoms with van der Waals surface area (Å²) in [5.74, 6) is -1.32. The molecule has 7 heteroatoms. The summed E-state index contributed by atoms with van der Waals surface area (Å²) in [6.07, 6.45) is 0.461. The maximum atomic E-state index is 11.8. The number of aromatic nitrogens is 1. The van der Waals surface area contributed by atoms with Crippen LogP contribution in [0.2, 0.25) is 0 Å². The first-order chi connectivity index (χ1) is 9.56. The van der Waals surface area contributed by atoms with Gasteiger partial charge in [0.25, 0.3) is 5.91 Å². The van der Waals surface area contributed by atoms with Gasteiger partial charge < -0.3 is 15.5 Å². The molecule has 1 amide bonds. The molecule has 0 saturated carbocycles. The SMILES string of the molecule is O=C(NCCc1nc(C(=O)O)cs1)c1cccc(O)c1. The number of nitrogens with zero attached hydrogens (tertiary/aromatic N) is 1. The number of carbonyl (C=O) groups excluding carboxylic acids is 1. The Morgan fingerprint density at radius 2 is 2.15 bits per heavy atom. The van der Waals surface area contributed by atoms with Crippen molar-refractivity contribution in [3.05, 3.63) is 45.9 Å². The molecule has 20 heavy (non-hydrogen) atoms. The van der Waals surface area contributed by atoms with E-state index in [0.717, 1.165) is 0 Å². The number of hydrogen-bond acceptors (Lipinski definition) is 5. The Bertz CT molecular complexity index is 639. The number of rotatable bonds is 5. The predicted molar refractivity (Wildman–Crippen MR) is 73.2 cm³/mol. The van der Waals surface area contributed by atoms with Crippen LogP contribution in [0.1, 0.15) is 25.9 Å². The number of amides is 1. The fourth-order valence-corrected chi connectivity index (χ4v) is 2.33. The molecule has 0 fully saturated rings. The highest BCUT2D eigenvalue weighted by molar-refractivity contribution is 7.09. The van der Waals surface area contributed by atoms with E-state index in [9.17, 15) is 14.7 Å². The summed E-state index contributed by atoms with van der Waals surface area (Å²) in [6, 6.07) is 6.05. The molecular weight excluding hydrogens is 280 g/mol. The maximum absolute atomic E-state index is 11.8. The number of carboxylic acid groups (broad SMARTS) is 1. The Hall–Kier alpha value is -2.41. The van der Waals surface area contributed by atoms with Crippen molar-refractivity contribution in [2.24, 2.45) is 0 Å². The molecule has 104 valence electrons. The van der Waals surface area contributed by atoms with Gasteiger partial charge in [-0.3, -0.25) is 4.79 Å². The molecule has 0 atom stereocenters. The first kappa shape index (κ1) is 14.0. The average Bonchev–Trinajstić information content (AvgIpc) is 2.87. The smallest absolute Gasteiger partial charge is 0.355 e. The highest BCUT2D eigenvalue weighted by atomic mass is 32.1. The van der Waals surface area contributed by atoms with Gasteiger partial charge in [-0.25, -0.2) is 9.78 Å². The average molecular weight is 292 g/mol. The zero-order chi connectivity index (χ0) is 14.5. The zero-order valence-corrected chi connectivity index (χ0v) is 11.2. The van der Waals surface area contributed by atoms with Gasteiger partial charge in [-0.05, 0) is 18.2 Å². The van der Waals surface area contributed by atoms with Crippen molar-refractivity contribution >= 4 is 23.2 Å². The molecule has 0 unspecified atom stereocenters. The third-order valence-electron chi connectivity index (χ3n) is 2.50. The van der Waals surface area contributed by atoms with Crippen LogP contribution in [-0.2, 0) is 6.42 Å². The minimum Gasteiger partial charge on any atom is -0.508 e. The second-order valence-electron chi connectivity index (χ2n) is 3.99. The number of phenols is 1. The summed E-state index contributed by atoms with van der Waals surface area (Å²) in [5.41, 5.74) is 0.389. The second-order valence-corrected chi connectivity index (χ2v) is 4.93. The van der Waals surface area contributed by atoms with Gasteiger partial charge in [0, 0.05) is 23.9 Å². The zero-order valence-electron chi connectivity index (χ0n) is 10.4. The number of hydrogen-bond donors (Lipinski definition) is 3. The predicted octanol–water partition coefficient (Wildman–Crippen LogP) is 1.52. The monoisotopic (exact) mass is 292 g/mol. The summed E-state index contributed by atoms with van der Waals surface area (Å²) in [6.45, 7) is 0.348. The third-order valence-corrected chi connectivity index (χ3v) is 3.41. The third kappa shape index (κ3) is 3.55. The summed E-state index contributed by atoms with van der Waals surface area (Å²) in [4.78, 5) is 26.4. The van der Waals surface area contributed by atoms with Crippen LogP contribution in [0.25, 0.3) is 0 Å². The van der Waals surface area contributed by atoms with Crippen molar-refractivity contribution in [3.8, 4) is 5.75 Å². The van der Waals surface area contributed by atoms with E-state index in [0.29, 0.717) is 23.5 Å². The lowest BCUT2D eigenvalue weighted by Gasteiger charge is -2.04. The van der Waals surface area contributed by atoms with Crippen molar-refractivity contribution in [2.45, 2.75) is 6.42 Å². The standard InChI is InChI=1S/C13H12N2O4S/c16-9-3-1-2-8(6-9)12(17)14-5-4-11-15-10(7-20-11)13(18)19/h1-3,6-7,16H,4-5H2,(H,14,17)(H,18,19). The minimum absolute atomic E-state index is 0.0179. The van der Waals surface area contributed by atoms with Crippen molar-refractivity contribution in [2.75, 3.05) is 6.54 Å². The van der Waals surface area contributed by atoms with Gasteiger partial charge in [0.05, 0.1) is 5.01 Å². The number of aromatic carboxylic acids is 1. The number of thiazole rings is 1. The van der Waals surface area contributed by atoms with E-state index in [4.69, 9.17) is 5.11 Å². The van der Waals surface area contributed by atoms with E-state index in [2.05, 4.69) is 10.3 Å². The molecule has 0 aliphatic rings. The number of phenolic OH excluding ortho intramolecular Hbond substituents is 1. The van der Waals surface area contributed by atoms with Crippen LogP contribution < -0.4 is 5.32 Å². The van der Waals surface area contributed by atoms with Gasteiger partial charge in [-0.1, -0.05) is 6.07 Å². The molecule has 1 heterocycles. The van der Waals surface area contributed by atoms with Crippen molar-refractivity contribution in [1.82, 2.24) is 10.3 Å². The summed E-state index contributed by atoms with van der Waals surface area (Å²) in [5, 5.41) is 22.8. The Kier molecular flexibility index (Phi) is 4.31. The number of aromatic hydroxyl groups is 1. The number of benzene rings is 1. The van der Waals surface area contributed by atoms with Gasteiger partial charge in [0.2, 0.25) is 0 Å². The van der Waals surface area contributed by atoms with Gasteiger partial charge in [0.15, 0.2) is 5.69 Å². The lowest BCUT2D eigenvalue weighted by atomic mass is 10.2. The van der Waals surface area contributed by atoms with Crippen LogP contribution in [0.15, 0.2) is 29.6 Å². The number of nitrogens with one attached hydrogen (secondary N) is 1. The Morgan fingerprint density at radius 1 is 1.35 bits per heavy atom. The van der Waals surface area contributed by atoms with Gasteiger partial charge in [0.1, 0.15) is 5.75 Å². The Morgan fingerprint density at radius 3 is 2.80 bits per heavy atom. The maximum Gasteiger partial charge on any atom is 0.355 e. The molecule has 0 radical (unpaired) electrons. The minimum atomic E-state index is -1.06. The van der Waals surface area contributed by atoms with Crippen molar-refractivity contribution in [1.29, 1.82) is 0 Å². The molecule has 0 aliphatic heterocycles. The van der Waals surface area contributed by atoms with Crippen LogP contribution in [-0.4, -0.2) is 33.6 Å². The lowest BCUT2D eigenvalue weighted by molar-refractivity contribution is 0.0690. The van der Waals surface area contributed by atoms with Gasteiger partial charge >= 0.3 is 5.97 Å². The van der Waals surface area contributed by atoms with Crippen LogP contribution in [0, 0.1) is 0 Å². The van der Waals surface area contributed by atoms with Crippen molar-refractivity contribution < 1.29 is 19.8 Å². The van der Waals surface area contributed by atoms with Crippen LogP contribution in [0.4, 0.5) is 0 Å². The topological polar surface area (TPSA) is 99.5 Å². The molecule has 0 aliphatic carbocycles. The van der Waals surface area contributed by atoms with E-state index in [1.807, 2.05) is 0 Å². The molecule has 0 spiro atoms. The normalized spacial score (nSPS) is 10.2. The number of carboxylic acids is 1. The quantitative estimate of drug-likeness (QED) is 0.776. The largest absolute Gasteiger partial charge is 0.508 e. The first-order valence-electron chi connectivity index (χ1n) is 5.81. The fraction of sp³-hybridized carbons (Fsp3) is 0.154. The van der Waals surface area contributed by atoms with E-state index in [1.165, 1.54) is 28.8 Å². The number of carbonyl (C=O) groups is 2. The van der Waals surface area contributed by atoms with Gasteiger partial charge in [-0.15, -0.1) is 11.3 Å². The molecule has 0 saturated heterocycles.